The summed E-state index contributed by atoms with van der Waals surface area (Å²) in [5.41, 5.74) is 6.06. The molecule has 0 saturated heterocycles. The number of hydrogen-bond acceptors (Lipinski definition) is 3. The van der Waals surface area contributed by atoms with Gasteiger partial charge in [-0.05, 0) is 12.1 Å². The highest BCUT2D eigenvalue weighted by Gasteiger charge is 2.07. The number of esters is 1. The smallest absolute Gasteiger partial charge is 0.433 e. The summed E-state index contributed by atoms with van der Waals surface area (Å²) in [6, 6.07) is 6.05. The lowest BCUT2D eigenvalue weighted by atomic mass is 10.1. The second-order valence-corrected chi connectivity index (χ2v) is 2.85. The molecule has 1 rings (SSSR count). The molecule has 16 heavy (non-hydrogen) atoms. The third-order valence-corrected chi connectivity index (χ3v) is 1.80. The third-order valence-electron chi connectivity index (χ3n) is 1.80. The molecule has 0 aliphatic heterocycles. The van der Waals surface area contributed by atoms with E-state index in [-0.39, 0.29) is 11.4 Å². The number of nitrogens with two attached hydrogens (primary N) is 1. The van der Waals surface area contributed by atoms with Gasteiger partial charge in [0.05, 0.1) is 12.7 Å². The summed E-state index contributed by atoms with van der Waals surface area (Å²) in [5, 5.41) is 8.41. The lowest BCUT2D eigenvalue weighted by Crippen LogP contribution is -2.16. The van der Waals surface area contributed by atoms with Crippen LogP contribution in [0.5, 0.6) is 0 Å². The second kappa shape index (κ2) is 4.92. The van der Waals surface area contributed by atoms with Crippen LogP contribution in [0.2, 0.25) is 0 Å². The van der Waals surface area contributed by atoms with Gasteiger partial charge in [0, 0.05) is 5.56 Å². The standard InChI is InChI=1S/C10H10N2O4/c1-16-9(13)7-4-2-3-6(5-7)8(11)12-10(14)15/h2-5H,1H3,(H2,11,12)(H,14,15). The Morgan fingerprint density at radius 1 is 1.38 bits per heavy atom. The number of rotatable bonds is 2. The van der Waals surface area contributed by atoms with Crippen LogP contribution in [0.25, 0.3) is 0 Å². The predicted octanol–water partition coefficient (Wildman–Crippen LogP) is 0.857. The number of carboxylic acid groups (broad SMARTS) is 1. The summed E-state index contributed by atoms with van der Waals surface area (Å²) in [5.74, 6) is -0.691. The topological polar surface area (TPSA) is 102 Å². The van der Waals surface area contributed by atoms with Gasteiger partial charge < -0.3 is 15.6 Å². The number of carbonyl (C=O) groups is 2. The Kier molecular flexibility index (Phi) is 3.60. The molecule has 0 fully saturated rings. The summed E-state index contributed by atoms with van der Waals surface area (Å²) in [4.78, 5) is 24.6. The van der Waals surface area contributed by atoms with E-state index < -0.39 is 12.1 Å². The normalized spacial score (nSPS) is 10.9. The van der Waals surface area contributed by atoms with Crippen molar-refractivity contribution >= 4 is 17.9 Å². The molecule has 6 nitrogen and oxygen atoms in total. The quantitative estimate of drug-likeness (QED) is 0.439. The third kappa shape index (κ3) is 2.81. The molecule has 0 bridgehead atoms. The first-order valence-corrected chi connectivity index (χ1v) is 4.30. The lowest BCUT2D eigenvalue weighted by molar-refractivity contribution is 0.0600. The molecule has 0 spiro atoms. The summed E-state index contributed by atoms with van der Waals surface area (Å²) in [6.45, 7) is 0. The molecule has 1 amide bonds. The molecule has 0 unspecified atom stereocenters. The van der Waals surface area contributed by atoms with Crippen molar-refractivity contribution in [1.29, 1.82) is 0 Å². The van der Waals surface area contributed by atoms with E-state index in [2.05, 4.69) is 9.73 Å². The Morgan fingerprint density at radius 3 is 2.56 bits per heavy atom. The molecule has 0 aliphatic rings. The van der Waals surface area contributed by atoms with Crippen molar-refractivity contribution in [3.05, 3.63) is 35.4 Å². The number of amides is 1. The number of nitrogens with zero attached hydrogens (tertiary/aromatic N) is 1. The minimum Gasteiger partial charge on any atom is -0.465 e. The molecule has 1 aromatic rings. The molecule has 0 saturated carbocycles. The van der Waals surface area contributed by atoms with Crippen LogP contribution < -0.4 is 5.73 Å². The van der Waals surface area contributed by atoms with Crippen LogP contribution in [0.3, 0.4) is 0 Å². The van der Waals surface area contributed by atoms with Crippen LogP contribution in [0, 0.1) is 0 Å². The summed E-state index contributed by atoms with van der Waals surface area (Å²) in [6.07, 6.45) is -1.39. The van der Waals surface area contributed by atoms with Gasteiger partial charge in [0.25, 0.3) is 0 Å². The van der Waals surface area contributed by atoms with Crippen molar-refractivity contribution in [2.24, 2.45) is 10.7 Å². The molecule has 1 aromatic carbocycles. The minimum atomic E-state index is -1.39. The van der Waals surface area contributed by atoms with Gasteiger partial charge in [0.1, 0.15) is 5.84 Å². The van der Waals surface area contributed by atoms with E-state index in [1.54, 1.807) is 12.1 Å². The predicted molar refractivity (Wildman–Crippen MR) is 56.5 cm³/mol. The largest absolute Gasteiger partial charge is 0.465 e. The summed E-state index contributed by atoms with van der Waals surface area (Å²) < 4.78 is 4.52. The molecule has 3 N–H and O–H groups in total. The number of methoxy groups -OCH3 is 1. The number of benzene rings is 1. The van der Waals surface area contributed by atoms with Gasteiger partial charge in [-0.3, -0.25) is 0 Å². The molecule has 0 aromatic heterocycles. The first kappa shape index (κ1) is 11.7. The highest BCUT2D eigenvalue weighted by molar-refractivity contribution is 6.04. The van der Waals surface area contributed by atoms with E-state index in [0.717, 1.165) is 0 Å². The van der Waals surface area contributed by atoms with Crippen LogP contribution >= 0.6 is 0 Å². The first-order chi connectivity index (χ1) is 7.54. The molecule has 84 valence electrons. The van der Waals surface area contributed by atoms with E-state index in [1.165, 1.54) is 19.2 Å². The van der Waals surface area contributed by atoms with Gasteiger partial charge >= 0.3 is 12.1 Å². The second-order valence-electron chi connectivity index (χ2n) is 2.85. The zero-order valence-corrected chi connectivity index (χ0v) is 8.51. The van der Waals surface area contributed by atoms with Gasteiger partial charge in [-0.15, -0.1) is 0 Å². The van der Waals surface area contributed by atoms with Crippen molar-refractivity contribution in [1.82, 2.24) is 0 Å². The van der Waals surface area contributed by atoms with E-state index in [4.69, 9.17) is 10.8 Å². The van der Waals surface area contributed by atoms with Crippen molar-refractivity contribution < 1.29 is 19.4 Å². The number of carbonyl (C=O) groups excluding carboxylic acids is 1. The number of amidine groups is 1. The van der Waals surface area contributed by atoms with Crippen molar-refractivity contribution in [2.75, 3.05) is 7.11 Å². The molecular formula is C10H10N2O4. The highest BCUT2D eigenvalue weighted by atomic mass is 16.5. The maximum Gasteiger partial charge on any atom is 0.433 e. The van der Waals surface area contributed by atoms with Crippen LogP contribution in [0.1, 0.15) is 15.9 Å². The van der Waals surface area contributed by atoms with Crippen LogP contribution in [-0.4, -0.2) is 30.1 Å². The summed E-state index contributed by atoms with van der Waals surface area (Å²) >= 11 is 0. The SMILES string of the molecule is COC(=O)c1cccc(/C(N)=N/C(=O)O)c1. The van der Waals surface area contributed by atoms with E-state index in [1.807, 2.05) is 0 Å². The monoisotopic (exact) mass is 222 g/mol. The Morgan fingerprint density at radius 2 is 2.00 bits per heavy atom. The van der Waals surface area contributed by atoms with E-state index >= 15 is 0 Å². The Labute approximate surface area is 91.4 Å². The lowest BCUT2D eigenvalue weighted by Gasteiger charge is -2.02. The summed E-state index contributed by atoms with van der Waals surface area (Å²) in [7, 11) is 1.25. The fourth-order valence-corrected chi connectivity index (χ4v) is 1.09. The van der Waals surface area contributed by atoms with Gasteiger partial charge in [-0.25, -0.2) is 9.59 Å². The molecule has 0 aliphatic carbocycles. The number of ether oxygens (including phenoxy) is 1. The highest BCUT2D eigenvalue weighted by Crippen LogP contribution is 2.06. The Bertz CT molecular complexity index is 454. The van der Waals surface area contributed by atoms with Gasteiger partial charge in [0.15, 0.2) is 0 Å². The molecule has 0 atom stereocenters. The molecule has 6 heteroatoms. The first-order valence-electron chi connectivity index (χ1n) is 4.30. The van der Waals surface area contributed by atoms with Crippen LogP contribution in [0.4, 0.5) is 4.79 Å². The average molecular weight is 222 g/mol. The Hall–Kier alpha value is -2.37. The van der Waals surface area contributed by atoms with Crippen molar-refractivity contribution in [3.63, 3.8) is 0 Å². The maximum atomic E-state index is 11.2. The number of aliphatic imine (C=N–C) groups is 1. The van der Waals surface area contributed by atoms with Gasteiger partial charge in [-0.1, -0.05) is 12.1 Å². The maximum absolute atomic E-state index is 11.2. The molecular weight excluding hydrogens is 212 g/mol. The number of hydrogen-bond donors (Lipinski definition) is 2. The Balaban J connectivity index is 3.08. The van der Waals surface area contributed by atoms with Crippen molar-refractivity contribution in [3.8, 4) is 0 Å². The zero-order valence-electron chi connectivity index (χ0n) is 8.51. The fourth-order valence-electron chi connectivity index (χ4n) is 1.09. The van der Waals surface area contributed by atoms with Gasteiger partial charge in [-0.2, -0.15) is 4.99 Å². The van der Waals surface area contributed by atoms with Gasteiger partial charge in [0.2, 0.25) is 0 Å². The van der Waals surface area contributed by atoms with E-state index in [9.17, 15) is 9.59 Å². The fraction of sp³-hybridized carbons (Fsp3) is 0.100. The van der Waals surface area contributed by atoms with E-state index in [0.29, 0.717) is 5.56 Å². The van der Waals surface area contributed by atoms with Crippen LogP contribution in [0.15, 0.2) is 29.3 Å². The zero-order chi connectivity index (χ0) is 12.1. The van der Waals surface area contributed by atoms with Crippen LogP contribution in [-0.2, 0) is 4.74 Å². The minimum absolute atomic E-state index is 0.168. The molecule has 0 radical (unpaired) electrons. The van der Waals surface area contributed by atoms with Crippen molar-refractivity contribution in [2.45, 2.75) is 0 Å². The molecule has 0 heterocycles. The average Bonchev–Trinajstić information content (AvgIpc) is 2.27.